The SMILES string of the molecule is Cc1nc(C)n(-c2cnc(CNC(C)C)cn2)n1. The molecule has 0 aliphatic heterocycles. The smallest absolute Gasteiger partial charge is 0.174 e. The molecule has 0 fully saturated rings. The summed E-state index contributed by atoms with van der Waals surface area (Å²) in [5.41, 5.74) is 0.918. The van der Waals surface area contributed by atoms with Crippen molar-refractivity contribution in [3.05, 3.63) is 29.7 Å². The fourth-order valence-electron chi connectivity index (χ4n) is 1.60. The van der Waals surface area contributed by atoms with Gasteiger partial charge >= 0.3 is 0 Å². The number of nitrogens with zero attached hydrogens (tertiary/aromatic N) is 5. The minimum Gasteiger partial charge on any atom is -0.309 e. The van der Waals surface area contributed by atoms with E-state index >= 15 is 0 Å². The van der Waals surface area contributed by atoms with Gasteiger partial charge in [-0.15, -0.1) is 5.10 Å². The molecule has 0 saturated heterocycles. The second kappa shape index (κ2) is 5.22. The van der Waals surface area contributed by atoms with Crippen molar-refractivity contribution in [2.45, 2.75) is 40.3 Å². The highest BCUT2D eigenvalue weighted by Gasteiger charge is 2.06. The van der Waals surface area contributed by atoms with Crippen LogP contribution in [0.3, 0.4) is 0 Å². The molecule has 0 radical (unpaired) electrons. The Labute approximate surface area is 106 Å². The zero-order valence-electron chi connectivity index (χ0n) is 11.2. The molecule has 6 nitrogen and oxygen atoms in total. The van der Waals surface area contributed by atoms with E-state index in [0.717, 1.165) is 23.9 Å². The molecule has 0 aliphatic carbocycles. The van der Waals surface area contributed by atoms with Gasteiger partial charge in [0, 0.05) is 12.6 Å². The molecule has 2 aromatic rings. The lowest BCUT2D eigenvalue weighted by Crippen LogP contribution is -2.22. The van der Waals surface area contributed by atoms with Crippen LogP contribution < -0.4 is 5.32 Å². The summed E-state index contributed by atoms with van der Waals surface area (Å²) in [5, 5.41) is 7.57. The van der Waals surface area contributed by atoms with Crippen molar-refractivity contribution >= 4 is 0 Å². The van der Waals surface area contributed by atoms with Crippen LogP contribution in [-0.4, -0.2) is 30.8 Å². The third kappa shape index (κ3) is 2.89. The molecule has 6 heteroatoms. The van der Waals surface area contributed by atoms with Crippen molar-refractivity contribution in [3.63, 3.8) is 0 Å². The highest BCUT2D eigenvalue weighted by atomic mass is 15.4. The molecule has 0 unspecified atom stereocenters. The van der Waals surface area contributed by atoms with Crippen molar-refractivity contribution in [2.75, 3.05) is 0 Å². The maximum atomic E-state index is 4.36. The van der Waals surface area contributed by atoms with Gasteiger partial charge in [-0.05, 0) is 13.8 Å². The van der Waals surface area contributed by atoms with E-state index in [1.165, 1.54) is 0 Å². The second-order valence-electron chi connectivity index (χ2n) is 4.52. The third-order valence-corrected chi connectivity index (χ3v) is 2.47. The maximum Gasteiger partial charge on any atom is 0.174 e. The quantitative estimate of drug-likeness (QED) is 0.877. The van der Waals surface area contributed by atoms with E-state index in [0.29, 0.717) is 11.9 Å². The Morgan fingerprint density at radius 2 is 2.00 bits per heavy atom. The van der Waals surface area contributed by atoms with Gasteiger partial charge in [0.15, 0.2) is 5.82 Å². The summed E-state index contributed by atoms with van der Waals surface area (Å²) in [6.45, 7) is 8.68. The standard InChI is InChI=1S/C12H18N6/c1-8(2)13-5-11-6-15-12(7-14-11)18-10(4)16-9(3)17-18/h6-8,13H,5H2,1-4H3. The minimum absolute atomic E-state index is 0.437. The van der Waals surface area contributed by atoms with Crippen LogP contribution >= 0.6 is 0 Å². The summed E-state index contributed by atoms with van der Waals surface area (Å²) in [4.78, 5) is 13.0. The molecular formula is C12H18N6. The first-order chi connectivity index (χ1) is 8.56. The van der Waals surface area contributed by atoms with Gasteiger partial charge in [0.2, 0.25) is 0 Å². The molecular weight excluding hydrogens is 228 g/mol. The first-order valence-electron chi connectivity index (χ1n) is 6.01. The fourth-order valence-corrected chi connectivity index (χ4v) is 1.60. The summed E-state index contributed by atoms with van der Waals surface area (Å²) in [7, 11) is 0. The van der Waals surface area contributed by atoms with Gasteiger partial charge in [0.05, 0.1) is 18.1 Å². The molecule has 0 atom stereocenters. The summed E-state index contributed by atoms with van der Waals surface area (Å²) in [6, 6.07) is 0.437. The predicted octanol–water partition coefficient (Wildman–Crippen LogP) is 1.17. The number of aryl methyl sites for hydroxylation is 2. The van der Waals surface area contributed by atoms with Crippen LogP contribution in [0.15, 0.2) is 12.4 Å². The first kappa shape index (κ1) is 12.6. The minimum atomic E-state index is 0.437. The Hall–Kier alpha value is -1.82. The zero-order chi connectivity index (χ0) is 13.1. The van der Waals surface area contributed by atoms with E-state index in [1.54, 1.807) is 17.1 Å². The third-order valence-electron chi connectivity index (χ3n) is 2.47. The Kier molecular flexibility index (Phi) is 3.66. The van der Waals surface area contributed by atoms with Gasteiger partial charge in [-0.1, -0.05) is 13.8 Å². The van der Waals surface area contributed by atoms with E-state index in [9.17, 15) is 0 Å². The zero-order valence-corrected chi connectivity index (χ0v) is 11.2. The van der Waals surface area contributed by atoms with Crippen LogP contribution in [0.25, 0.3) is 5.82 Å². The number of hydrogen-bond acceptors (Lipinski definition) is 5. The molecule has 18 heavy (non-hydrogen) atoms. The van der Waals surface area contributed by atoms with Gasteiger partial charge in [-0.2, -0.15) is 4.68 Å². The topological polar surface area (TPSA) is 68.5 Å². The van der Waals surface area contributed by atoms with Crippen LogP contribution in [0, 0.1) is 13.8 Å². The molecule has 2 aromatic heterocycles. The van der Waals surface area contributed by atoms with E-state index in [4.69, 9.17) is 0 Å². The molecule has 0 aliphatic rings. The summed E-state index contributed by atoms with van der Waals surface area (Å²) < 4.78 is 1.70. The highest BCUT2D eigenvalue weighted by molar-refractivity contribution is 5.19. The van der Waals surface area contributed by atoms with Crippen molar-refractivity contribution in [1.82, 2.24) is 30.0 Å². The lowest BCUT2D eigenvalue weighted by Gasteiger charge is -2.07. The van der Waals surface area contributed by atoms with Crippen LogP contribution in [0.4, 0.5) is 0 Å². The van der Waals surface area contributed by atoms with Crippen LogP contribution in [-0.2, 0) is 6.54 Å². The summed E-state index contributed by atoms with van der Waals surface area (Å²) in [6.07, 6.45) is 3.49. The molecule has 2 heterocycles. The Morgan fingerprint density at radius 1 is 1.22 bits per heavy atom. The molecule has 96 valence electrons. The fraction of sp³-hybridized carbons (Fsp3) is 0.500. The molecule has 1 N–H and O–H groups in total. The number of rotatable bonds is 4. The van der Waals surface area contributed by atoms with Crippen LogP contribution in [0.1, 0.15) is 31.2 Å². The summed E-state index contributed by atoms with van der Waals surface area (Å²) >= 11 is 0. The molecule has 0 saturated carbocycles. The second-order valence-corrected chi connectivity index (χ2v) is 4.52. The van der Waals surface area contributed by atoms with Crippen LogP contribution in [0.5, 0.6) is 0 Å². The van der Waals surface area contributed by atoms with Gasteiger partial charge < -0.3 is 5.32 Å². The first-order valence-corrected chi connectivity index (χ1v) is 6.01. The monoisotopic (exact) mass is 246 g/mol. The van der Waals surface area contributed by atoms with Crippen LogP contribution in [0.2, 0.25) is 0 Å². The van der Waals surface area contributed by atoms with Gasteiger partial charge in [0.25, 0.3) is 0 Å². The molecule has 0 bridgehead atoms. The lowest BCUT2D eigenvalue weighted by molar-refractivity contribution is 0.579. The van der Waals surface area contributed by atoms with Crippen molar-refractivity contribution in [3.8, 4) is 5.82 Å². The largest absolute Gasteiger partial charge is 0.309 e. The number of aromatic nitrogens is 5. The average Bonchev–Trinajstić information content (AvgIpc) is 2.66. The van der Waals surface area contributed by atoms with Gasteiger partial charge in [-0.3, -0.25) is 4.98 Å². The van der Waals surface area contributed by atoms with E-state index in [2.05, 4.69) is 39.2 Å². The molecule has 0 aromatic carbocycles. The average molecular weight is 246 g/mol. The highest BCUT2D eigenvalue weighted by Crippen LogP contribution is 2.05. The van der Waals surface area contributed by atoms with Gasteiger partial charge in [0.1, 0.15) is 11.6 Å². The maximum absolute atomic E-state index is 4.36. The number of nitrogens with one attached hydrogen (secondary N) is 1. The molecule has 0 amide bonds. The van der Waals surface area contributed by atoms with Crippen molar-refractivity contribution in [2.24, 2.45) is 0 Å². The van der Waals surface area contributed by atoms with E-state index < -0.39 is 0 Å². The van der Waals surface area contributed by atoms with Crippen molar-refractivity contribution < 1.29 is 0 Å². The van der Waals surface area contributed by atoms with E-state index in [-0.39, 0.29) is 0 Å². The van der Waals surface area contributed by atoms with Crippen molar-refractivity contribution in [1.29, 1.82) is 0 Å². The van der Waals surface area contributed by atoms with E-state index in [1.807, 2.05) is 13.8 Å². The Balaban J connectivity index is 2.15. The summed E-state index contributed by atoms with van der Waals surface area (Å²) in [5.74, 6) is 2.25. The Bertz CT molecular complexity index is 514. The number of hydrogen-bond donors (Lipinski definition) is 1. The normalized spacial score (nSPS) is 11.2. The lowest BCUT2D eigenvalue weighted by atomic mass is 10.3. The molecule has 2 rings (SSSR count). The Morgan fingerprint density at radius 3 is 2.50 bits per heavy atom. The predicted molar refractivity (Wildman–Crippen MR) is 68.4 cm³/mol. The molecule has 0 spiro atoms. The van der Waals surface area contributed by atoms with Gasteiger partial charge in [-0.25, -0.2) is 9.97 Å².